The summed E-state index contributed by atoms with van der Waals surface area (Å²) in [4.78, 5) is 27.8. The Balaban J connectivity index is 1.70. The van der Waals surface area contributed by atoms with Crippen LogP contribution in [0.4, 0.5) is 0 Å². The van der Waals surface area contributed by atoms with Gasteiger partial charge in [-0.2, -0.15) is 0 Å². The molecule has 0 aliphatic heterocycles. The van der Waals surface area contributed by atoms with Crippen molar-refractivity contribution in [2.75, 3.05) is 13.7 Å². The quantitative estimate of drug-likeness (QED) is 0.574. The minimum absolute atomic E-state index is 0.0472. The highest BCUT2D eigenvalue weighted by molar-refractivity contribution is 5.88. The van der Waals surface area contributed by atoms with Crippen molar-refractivity contribution in [2.24, 2.45) is 0 Å². The lowest BCUT2D eigenvalue weighted by molar-refractivity contribution is -0.142. The number of amides is 2. The number of benzene rings is 2. The van der Waals surface area contributed by atoms with Crippen molar-refractivity contribution in [2.45, 2.75) is 77.4 Å². The summed E-state index contributed by atoms with van der Waals surface area (Å²) >= 11 is 0. The number of methoxy groups -OCH3 is 1. The summed E-state index contributed by atoms with van der Waals surface area (Å²) in [6.07, 6.45) is 4.27. The maximum Gasteiger partial charge on any atom is 0.261 e. The highest BCUT2D eigenvalue weighted by atomic mass is 16.5. The fourth-order valence-corrected chi connectivity index (χ4v) is 4.18. The van der Waals surface area contributed by atoms with E-state index in [4.69, 9.17) is 9.47 Å². The zero-order chi connectivity index (χ0) is 24.7. The van der Waals surface area contributed by atoms with Gasteiger partial charge in [-0.05, 0) is 60.6 Å². The highest BCUT2D eigenvalue weighted by Crippen LogP contribution is 2.24. The maximum atomic E-state index is 13.2. The fraction of sp³-hybridized carbons (Fsp3) is 0.500. The molecular weight excluding hydrogens is 428 g/mol. The van der Waals surface area contributed by atoms with Gasteiger partial charge in [0.15, 0.2) is 6.61 Å². The van der Waals surface area contributed by atoms with Crippen LogP contribution in [-0.4, -0.2) is 42.5 Å². The molecule has 184 valence electrons. The van der Waals surface area contributed by atoms with Gasteiger partial charge in [-0.25, -0.2) is 0 Å². The third kappa shape index (κ3) is 6.99. The number of nitrogens with zero attached hydrogens (tertiary/aromatic N) is 1. The third-order valence-electron chi connectivity index (χ3n) is 6.46. The van der Waals surface area contributed by atoms with E-state index in [1.807, 2.05) is 48.5 Å². The first-order valence-corrected chi connectivity index (χ1v) is 12.1. The van der Waals surface area contributed by atoms with Gasteiger partial charge in [0, 0.05) is 12.6 Å². The predicted molar refractivity (Wildman–Crippen MR) is 134 cm³/mol. The Bertz CT molecular complexity index is 942. The monoisotopic (exact) mass is 466 g/mol. The van der Waals surface area contributed by atoms with Gasteiger partial charge in [-0.3, -0.25) is 9.59 Å². The Hall–Kier alpha value is -3.02. The molecule has 1 fully saturated rings. The van der Waals surface area contributed by atoms with Crippen molar-refractivity contribution in [3.8, 4) is 11.5 Å². The number of carbonyl (C=O) groups is 2. The molecule has 2 aromatic rings. The van der Waals surface area contributed by atoms with Gasteiger partial charge >= 0.3 is 0 Å². The Morgan fingerprint density at radius 2 is 1.59 bits per heavy atom. The van der Waals surface area contributed by atoms with E-state index in [-0.39, 0.29) is 29.9 Å². The second-order valence-electron chi connectivity index (χ2n) is 10.1. The van der Waals surface area contributed by atoms with Crippen LogP contribution < -0.4 is 14.8 Å². The van der Waals surface area contributed by atoms with E-state index in [0.717, 1.165) is 37.0 Å². The van der Waals surface area contributed by atoms with Gasteiger partial charge < -0.3 is 19.7 Å². The van der Waals surface area contributed by atoms with Gasteiger partial charge in [0.25, 0.3) is 5.91 Å². The summed E-state index contributed by atoms with van der Waals surface area (Å²) in [7, 11) is 1.62. The molecule has 6 nitrogen and oxygen atoms in total. The van der Waals surface area contributed by atoms with Crippen molar-refractivity contribution in [1.82, 2.24) is 10.2 Å². The van der Waals surface area contributed by atoms with E-state index >= 15 is 0 Å². The molecule has 1 aliphatic rings. The van der Waals surface area contributed by atoms with Crippen LogP contribution in [0.5, 0.6) is 11.5 Å². The lowest BCUT2D eigenvalue weighted by Gasteiger charge is -2.29. The molecule has 1 aliphatic carbocycles. The van der Waals surface area contributed by atoms with Crippen LogP contribution in [0.3, 0.4) is 0 Å². The molecule has 0 spiro atoms. The predicted octanol–water partition coefficient (Wildman–Crippen LogP) is 4.85. The smallest absolute Gasteiger partial charge is 0.261 e. The number of nitrogens with one attached hydrogen (secondary N) is 1. The summed E-state index contributed by atoms with van der Waals surface area (Å²) in [6.45, 7) is 8.43. The van der Waals surface area contributed by atoms with Crippen molar-refractivity contribution >= 4 is 11.8 Å². The first-order chi connectivity index (χ1) is 16.2. The number of hydrogen-bond acceptors (Lipinski definition) is 4. The minimum atomic E-state index is -0.609. The molecule has 0 radical (unpaired) electrons. The summed E-state index contributed by atoms with van der Waals surface area (Å²) in [6, 6.07) is 14.9. The van der Waals surface area contributed by atoms with Gasteiger partial charge in [0.1, 0.15) is 17.5 Å². The molecule has 0 aromatic heterocycles. The van der Waals surface area contributed by atoms with Crippen LogP contribution in [0, 0.1) is 0 Å². The molecule has 0 saturated heterocycles. The van der Waals surface area contributed by atoms with Crippen LogP contribution in [0.1, 0.15) is 64.5 Å². The molecule has 1 N–H and O–H groups in total. The van der Waals surface area contributed by atoms with E-state index in [1.54, 1.807) is 18.9 Å². The summed E-state index contributed by atoms with van der Waals surface area (Å²) < 4.78 is 11.0. The average molecular weight is 467 g/mol. The number of hydrogen-bond donors (Lipinski definition) is 1. The fourth-order valence-electron chi connectivity index (χ4n) is 4.18. The van der Waals surface area contributed by atoms with Crippen molar-refractivity contribution in [3.63, 3.8) is 0 Å². The topological polar surface area (TPSA) is 67.9 Å². The van der Waals surface area contributed by atoms with Crippen molar-refractivity contribution in [1.29, 1.82) is 0 Å². The molecule has 2 aromatic carbocycles. The SMILES string of the molecule is COc1ccc(CN(C(=O)COc2ccc(C(C)(C)C)cc2)[C@@H](C)C(=O)NC2CCCC2)cc1. The maximum absolute atomic E-state index is 13.2. The molecular formula is C28H38N2O4. The molecule has 0 unspecified atom stereocenters. The van der Waals surface area contributed by atoms with E-state index in [2.05, 4.69) is 26.1 Å². The van der Waals surface area contributed by atoms with Gasteiger partial charge in [-0.1, -0.05) is 57.9 Å². The standard InChI is InChI=1S/C28H38N2O4/c1-20(27(32)29-23-8-6-7-9-23)30(18-21-10-14-24(33-5)15-11-21)26(31)19-34-25-16-12-22(13-17-25)28(2,3)4/h10-17,20,23H,6-9,18-19H2,1-5H3,(H,29,32)/t20-/m0/s1. The summed E-state index contributed by atoms with van der Waals surface area (Å²) in [5, 5.41) is 3.12. The largest absolute Gasteiger partial charge is 0.497 e. The molecule has 1 saturated carbocycles. The van der Waals surface area contributed by atoms with Crippen LogP contribution in [0.15, 0.2) is 48.5 Å². The zero-order valence-electron chi connectivity index (χ0n) is 21.1. The molecule has 3 rings (SSSR count). The Morgan fingerprint density at radius 3 is 2.15 bits per heavy atom. The van der Waals surface area contributed by atoms with E-state index in [0.29, 0.717) is 12.3 Å². The van der Waals surface area contributed by atoms with Gasteiger partial charge in [-0.15, -0.1) is 0 Å². The van der Waals surface area contributed by atoms with Crippen molar-refractivity contribution < 1.29 is 19.1 Å². The Morgan fingerprint density at radius 1 is 1.00 bits per heavy atom. The minimum Gasteiger partial charge on any atom is -0.497 e. The highest BCUT2D eigenvalue weighted by Gasteiger charge is 2.28. The molecule has 2 amide bonds. The average Bonchev–Trinajstić information content (AvgIpc) is 3.33. The number of carbonyl (C=O) groups excluding carboxylic acids is 2. The van der Waals surface area contributed by atoms with Crippen LogP contribution in [0.2, 0.25) is 0 Å². The van der Waals surface area contributed by atoms with Crippen LogP contribution in [0.25, 0.3) is 0 Å². The van der Waals surface area contributed by atoms with E-state index in [1.165, 1.54) is 5.56 Å². The summed E-state index contributed by atoms with van der Waals surface area (Å²) in [5.74, 6) is 1.03. The first-order valence-electron chi connectivity index (χ1n) is 12.1. The summed E-state index contributed by atoms with van der Waals surface area (Å²) in [5.41, 5.74) is 2.17. The second-order valence-corrected chi connectivity index (χ2v) is 10.1. The molecule has 34 heavy (non-hydrogen) atoms. The van der Waals surface area contributed by atoms with Gasteiger partial charge in [0.05, 0.1) is 7.11 Å². The lowest BCUT2D eigenvalue weighted by atomic mass is 9.87. The van der Waals surface area contributed by atoms with Crippen molar-refractivity contribution in [3.05, 3.63) is 59.7 Å². The van der Waals surface area contributed by atoms with Gasteiger partial charge in [0.2, 0.25) is 5.91 Å². The molecule has 1 atom stereocenters. The Kier molecular flexibility index (Phi) is 8.59. The molecule has 0 heterocycles. The first kappa shape index (κ1) is 25.6. The van der Waals surface area contributed by atoms with E-state index in [9.17, 15) is 9.59 Å². The zero-order valence-corrected chi connectivity index (χ0v) is 21.1. The van der Waals surface area contributed by atoms with Crippen LogP contribution in [-0.2, 0) is 21.5 Å². The number of ether oxygens (including phenoxy) is 2. The van der Waals surface area contributed by atoms with E-state index < -0.39 is 6.04 Å². The lowest BCUT2D eigenvalue weighted by Crippen LogP contribution is -2.50. The number of rotatable bonds is 9. The van der Waals surface area contributed by atoms with Crippen LogP contribution >= 0.6 is 0 Å². The molecule has 0 bridgehead atoms. The normalized spacial score (nSPS) is 15.0. The second kappa shape index (κ2) is 11.4. The Labute approximate surface area is 203 Å². The molecule has 6 heteroatoms. The third-order valence-corrected chi connectivity index (χ3v) is 6.46.